The highest BCUT2D eigenvalue weighted by Gasteiger charge is 2.19. The van der Waals surface area contributed by atoms with Gasteiger partial charge in [-0.05, 0) is 79.8 Å². The molecule has 7 aromatic carbocycles. The van der Waals surface area contributed by atoms with Crippen molar-refractivity contribution in [3.63, 3.8) is 0 Å². The Bertz CT molecular complexity index is 2890. The first kappa shape index (κ1) is 29.8. The molecule has 0 spiro atoms. The molecule has 10 aromatic rings. The van der Waals surface area contributed by atoms with Crippen LogP contribution in [0.5, 0.6) is 0 Å². The monoisotopic (exact) mass is 663 g/mol. The molecule has 5 nitrogen and oxygen atoms in total. The lowest BCUT2D eigenvalue weighted by Gasteiger charge is -2.17. The van der Waals surface area contributed by atoms with Crippen LogP contribution < -0.4 is 0 Å². The van der Waals surface area contributed by atoms with Gasteiger partial charge in [0.15, 0.2) is 17.5 Å². The molecule has 0 aliphatic rings. The zero-order valence-corrected chi connectivity index (χ0v) is 28.0. The van der Waals surface area contributed by atoms with Crippen molar-refractivity contribution >= 4 is 43.2 Å². The van der Waals surface area contributed by atoms with E-state index >= 15 is 0 Å². The third kappa shape index (κ3) is 5.07. The predicted octanol–water partition coefficient (Wildman–Crippen LogP) is 11.6. The zero-order valence-electron chi connectivity index (χ0n) is 28.0. The van der Waals surface area contributed by atoms with E-state index in [2.05, 4.69) is 89.9 Å². The van der Waals surface area contributed by atoms with Gasteiger partial charge in [-0.2, -0.15) is 0 Å². The smallest absolute Gasteiger partial charge is 0.164 e. The summed E-state index contributed by atoms with van der Waals surface area (Å²) >= 11 is 0. The van der Waals surface area contributed by atoms with E-state index < -0.39 is 0 Å². The second-order valence-corrected chi connectivity index (χ2v) is 12.9. The first-order valence-electron chi connectivity index (χ1n) is 17.3. The van der Waals surface area contributed by atoms with E-state index in [-0.39, 0.29) is 0 Å². The number of hydrogen-bond acceptors (Lipinski definition) is 5. The first-order chi connectivity index (χ1) is 25.8. The molecule has 0 unspecified atom stereocenters. The number of hydrogen-bond donors (Lipinski definition) is 0. The Kier molecular flexibility index (Phi) is 7.07. The summed E-state index contributed by atoms with van der Waals surface area (Å²) in [6.45, 7) is 0. The minimum Gasteiger partial charge on any atom is -0.264 e. The molecule has 0 aliphatic heterocycles. The van der Waals surface area contributed by atoms with Crippen LogP contribution in [0.25, 0.3) is 99.6 Å². The number of benzene rings is 7. The van der Waals surface area contributed by atoms with Crippen LogP contribution in [0.4, 0.5) is 0 Å². The largest absolute Gasteiger partial charge is 0.264 e. The molecule has 0 atom stereocenters. The number of fused-ring (bicyclic) bond motifs is 8. The first-order valence-corrected chi connectivity index (χ1v) is 17.3. The molecule has 242 valence electrons. The van der Waals surface area contributed by atoms with Gasteiger partial charge in [-0.25, -0.2) is 15.0 Å². The second-order valence-electron chi connectivity index (χ2n) is 12.9. The lowest BCUT2D eigenvalue weighted by molar-refractivity contribution is 1.07. The topological polar surface area (TPSA) is 64.5 Å². The fourth-order valence-corrected chi connectivity index (χ4v) is 7.41. The van der Waals surface area contributed by atoms with Gasteiger partial charge in [0.05, 0.1) is 5.52 Å². The van der Waals surface area contributed by atoms with E-state index in [1.807, 2.05) is 85.2 Å². The number of nitrogens with zero attached hydrogens (tertiary/aromatic N) is 5. The van der Waals surface area contributed by atoms with Crippen LogP contribution >= 0.6 is 0 Å². The van der Waals surface area contributed by atoms with Gasteiger partial charge in [0.25, 0.3) is 0 Å². The van der Waals surface area contributed by atoms with Gasteiger partial charge in [-0.15, -0.1) is 0 Å². The van der Waals surface area contributed by atoms with Crippen LogP contribution in [-0.2, 0) is 0 Å². The van der Waals surface area contributed by atoms with Crippen LogP contribution in [0, 0.1) is 0 Å². The molecule has 0 fully saturated rings. The van der Waals surface area contributed by atoms with Gasteiger partial charge in [0.2, 0.25) is 0 Å². The molecule has 52 heavy (non-hydrogen) atoms. The van der Waals surface area contributed by atoms with Gasteiger partial charge in [-0.3, -0.25) is 9.97 Å². The van der Waals surface area contributed by atoms with Gasteiger partial charge in [-0.1, -0.05) is 121 Å². The van der Waals surface area contributed by atoms with Crippen molar-refractivity contribution in [1.29, 1.82) is 0 Å². The minimum absolute atomic E-state index is 0.592. The molecule has 0 N–H and O–H groups in total. The second kappa shape index (κ2) is 12.3. The average Bonchev–Trinajstić information content (AvgIpc) is 3.24. The molecule has 0 aliphatic carbocycles. The normalized spacial score (nSPS) is 11.5. The molecule has 5 heteroatoms. The molecular formula is C47H29N5. The van der Waals surface area contributed by atoms with E-state index in [9.17, 15) is 0 Å². The maximum atomic E-state index is 5.10. The molecule has 0 saturated heterocycles. The van der Waals surface area contributed by atoms with Crippen LogP contribution in [0.15, 0.2) is 176 Å². The van der Waals surface area contributed by atoms with E-state index in [0.29, 0.717) is 17.5 Å². The molecule has 0 saturated carbocycles. The Morgan fingerprint density at radius 1 is 0.327 bits per heavy atom. The van der Waals surface area contributed by atoms with Crippen LogP contribution in [0.1, 0.15) is 0 Å². The fourth-order valence-electron chi connectivity index (χ4n) is 7.41. The van der Waals surface area contributed by atoms with Gasteiger partial charge in [0, 0.05) is 51.8 Å². The van der Waals surface area contributed by atoms with E-state index in [1.165, 1.54) is 32.3 Å². The molecule has 0 amide bonds. The average molecular weight is 664 g/mol. The molecular weight excluding hydrogens is 635 g/mol. The van der Waals surface area contributed by atoms with Crippen molar-refractivity contribution in [3.05, 3.63) is 176 Å². The SMILES string of the molecule is c1ccc(-c2nc(-c3ccccc3)nc(-c3cc(-c4cccnc4)cc(-c4cc5c6ccccc6c6ccccc6c5c5cccnc45)c3)n2)cc1. The van der Waals surface area contributed by atoms with E-state index in [4.69, 9.17) is 19.9 Å². The van der Waals surface area contributed by atoms with Crippen molar-refractivity contribution in [3.8, 4) is 56.4 Å². The number of aromatic nitrogens is 5. The van der Waals surface area contributed by atoms with E-state index in [1.54, 1.807) is 6.20 Å². The maximum Gasteiger partial charge on any atom is 0.164 e. The summed E-state index contributed by atoms with van der Waals surface area (Å²) in [6, 6.07) is 54.7. The van der Waals surface area contributed by atoms with Gasteiger partial charge in [0.1, 0.15) is 0 Å². The Labute approximate surface area is 300 Å². The van der Waals surface area contributed by atoms with Crippen molar-refractivity contribution in [2.24, 2.45) is 0 Å². The van der Waals surface area contributed by atoms with Crippen molar-refractivity contribution in [2.45, 2.75) is 0 Å². The van der Waals surface area contributed by atoms with Crippen LogP contribution in [0.3, 0.4) is 0 Å². The fraction of sp³-hybridized carbons (Fsp3) is 0. The summed E-state index contributed by atoms with van der Waals surface area (Å²) in [5.74, 6) is 1.83. The summed E-state index contributed by atoms with van der Waals surface area (Å²) in [6.07, 6.45) is 5.59. The minimum atomic E-state index is 0.592. The molecule has 0 radical (unpaired) electrons. The highest BCUT2D eigenvalue weighted by atomic mass is 15.0. The number of rotatable bonds is 5. The maximum absolute atomic E-state index is 5.10. The molecule has 10 rings (SSSR count). The standard InChI is InChI=1S/C47H29N5/c1-3-13-30(14-4-1)45-50-46(31-15-5-2-6-16-31)52-47(51-45)35-26-33(32-17-11-23-48-29-32)25-34(27-35)41-28-42-38-20-8-7-18-36(38)37-19-9-10-21-39(37)43(42)40-22-12-24-49-44(40)41/h1-29H. The summed E-state index contributed by atoms with van der Waals surface area (Å²) in [5, 5.41) is 8.42. The Balaban J connectivity index is 1.29. The van der Waals surface area contributed by atoms with Crippen molar-refractivity contribution < 1.29 is 0 Å². The third-order valence-corrected chi connectivity index (χ3v) is 9.79. The molecule has 0 bridgehead atoms. The van der Waals surface area contributed by atoms with Crippen LogP contribution in [-0.4, -0.2) is 24.9 Å². The molecule has 3 heterocycles. The highest BCUT2D eigenvalue weighted by Crippen LogP contribution is 2.43. The zero-order chi connectivity index (χ0) is 34.4. The summed E-state index contributed by atoms with van der Waals surface area (Å²) in [5.41, 5.74) is 7.73. The summed E-state index contributed by atoms with van der Waals surface area (Å²) < 4.78 is 0. The summed E-state index contributed by atoms with van der Waals surface area (Å²) in [7, 11) is 0. The van der Waals surface area contributed by atoms with Gasteiger partial charge >= 0.3 is 0 Å². The highest BCUT2D eigenvalue weighted by molar-refractivity contribution is 6.32. The van der Waals surface area contributed by atoms with Gasteiger partial charge < -0.3 is 0 Å². The lowest BCUT2D eigenvalue weighted by Crippen LogP contribution is -2.00. The van der Waals surface area contributed by atoms with Crippen molar-refractivity contribution in [1.82, 2.24) is 24.9 Å². The Hall–Kier alpha value is -7.11. The quantitative estimate of drug-likeness (QED) is 0.171. The lowest BCUT2D eigenvalue weighted by atomic mass is 9.88. The summed E-state index contributed by atoms with van der Waals surface area (Å²) in [4.78, 5) is 24.7. The number of pyridine rings is 2. The Morgan fingerprint density at radius 3 is 1.48 bits per heavy atom. The Morgan fingerprint density at radius 2 is 0.827 bits per heavy atom. The van der Waals surface area contributed by atoms with Crippen LogP contribution in [0.2, 0.25) is 0 Å². The van der Waals surface area contributed by atoms with Crippen molar-refractivity contribution in [2.75, 3.05) is 0 Å². The predicted molar refractivity (Wildman–Crippen MR) is 213 cm³/mol. The third-order valence-electron chi connectivity index (χ3n) is 9.79. The molecule has 3 aromatic heterocycles. The van der Waals surface area contributed by atoms with E-state index in [0.717, 1.165) is 49.8 Å².